The van der Waals surface area contributed by atoms with Gasteiger partial charge in [0.25, 0.3) is 5.91 Å². The summed E-state index contributed by atoms with van der Waals surface area (Å²) in [6.07, 6.45) is 5.26. The number of carbonyl (C=O) groups is 1. The summed E-state index contributed by atoms with van der Waals surface area (Å²) in [5.41, 5.74) is 0.812. The average molecular weight is 475 g/mol. The quantitative estimate of drug-likeness (QED) is 0.353. The van der Waals surface area contributed by atoms with Crippen molar-refractivity contribution in [2.75, 3.05) is 36.9 Å². The second-order valence-corrected chi connectivity index (χ2v) is 9.07. The smallest absolute Gasteiger partial charge is 0.258 e. The molecule has 0 unspecified atom stereocenters. The normalized spacial score (nSPS) is 13.6. The van der Waals surface area contributed by atoms with Crippen molar-refractivity contribution in [3.63, 3.8) is 0 Å². The molecule has 1 aliphatic heterocycles. The van der Waals surface area contributed by atoms with E-state index in [1.54, 1.807) is 36.0 Å². The molecule has 32 heavy (non-hydrogen) atoms. The fourth-order valence-corrected chi connectivity index (χ4v) is 4.36. The highest BCUT2D eigenvalue weighted by Gasteiger charge is 2.20. The number of hydrogen-bond acceptors (Lipinski definition) is 7. The molecule has 0 bridgehead atoms. The van der Waals surface area contributed by atoms with E-state index in [0.29, 0.717) is 23.9 Å². The standard InChI is InChI=1S/C22H27ClN6O2S/c1-2-13-32-22-26-20(28-10-3-4-11-28)18-14-25-29(21(18)27-22)12-9-24-19(30)15-31-17-7-5-16(23)6-8-17/h5-8,14H,2-4,9-13,15H2,1H3,(H,24,30). The Morgan fingerprint density at radius 3 is 2.75 bits per heavy atom. The SMILES string of the molecule is CCCSc1nc(N2CCCC2)c2cnn(CCNC(=O)COc3ccc(Cl)cc3)c2n1. The van der Waals surface area contributed by atoms with Gasteiger partial charge in [0.05, 0.1) is 18.1 Å². The minimum absolute atomic E-state index is 0.0550. The highest BCUT2D eigenvalue weighted by molar-refractivity contribution is 7.99. The Balaban J connectivity index is 1.39. The van der Waals surface area contributed by atoms with Crippen molar-refractivity contribution in [3.8, 4) is 5.75 Å². The zero-order chi connectivity index (χ0) is 22.3. The fraction of sp³-hybridized carbons (Fsp3) is 0.455. The van der Waals surface area contributed by atoms with Gasteiger partial charge < -0.3 is 15.0 Å². The third-order valence-corrected chi connectivity index (χ3v) is 6.43. The van der Waals surface area contributed by atoms with Crippen LogP contribution in [0.15, 0.2) is 35.6 Å². The van der Waals surface area contributed by atoms with Crippen molar-refractivity contribution in [3.05, 3.63) is 35.5 Å². The first-order valence-corrected chi connectivity index (χ1v) is 12.3. The molecule has 0 spiro atoms. The van der Waals surface area contributed by atoms with Crippen molar-refractivity contribution >= 4 is 46.1 Å². The number of hydrogen-bond donors (Lipinski definition) is 1. The number of ether oxygens (including phenoxy) is 1. The van der Waals surface area contributed by atoms with E-state index in [1.807, 2.05) is 10.9 Å². The first kappa shape index (κ1) is 22.7. The summed E-state index contributed by atoms with van der Waals surface area (Å²) in [7, 11) is 0. The summed E-state index contributed by atoms with van der Waals surface area (Å²) in [4.78, 5) is 24.1. The molecule has 0 radical (unpaired) electrons. The van der Waals surface area contributed by atoms with Gasteiger partial charge in [0, 0.05) is 30.4 Å². The number of aromatic nitrogens is 4. The van der Waals surface area contributed by atoms with Crippen LogP contribution in [0, 0.1) is 0 Å². The van der Waals surface area contributed by atoms with Crippen molar-refractivity contribution in [2.45, 2.75) is 37.9 Å². The number of nitrogens with one attached hydrogen (secondary N) is 1. The van der Waals surface area contributed by atoms with Crippen LogP contribution in [-0.4, -0.2) is 57.6 Å². The number of amides is 1. The summed E-state index contributed by atoms with van der Waals surface area (Å²) in [6, 6.07) is 6.92. The largest absolute Gasteiger partial charge is 0.484 e. The Kier molecular flexibility index (Phi) is 7.70. The van der Waals surface area contributed by atoms with E-state index in [9.17, 15) is 4.79 Å². The molecular weight excluding hydrogens is 448 g/mol. The molecule has 1 saturated heterocycles. The zero-order valence-electron chi connectivity index (χ0n) is 18.1. The summed E-state index contributed by atoms with van der Waals surface area (Å²) in [6.45, 7) is 5.07. The lowest BCUT2D eigenvalue weighted by atomic mass is 10.3. The highest BCUT2D eigenvalue weighted by atomic mass is 35.5. The van der Waals surface area contributed by atoms with Crippen molar-refractivity contribution < 1.29 is 9.53 Å². The Morgan fingerprint density at radius 1 is 1.22 bits per heavy atom. The summed E-state index contributed by atoms with van der Waals surface area (Å²) < 4.78 is 7.32. The number of fused-ring (bicyclic) bond motifs is 1. The topological polar surface area (TPSA) is 85.2 Å². The van der Waals surface area contributed by atoms with Gasteiger partial charge in [-0.15, -0.1) is 0 Å². The molecule has 0 saturated carbocycles. The van der Waals surface area contributed by atoms with Crippen LogP contribution >= 0.6 is 23.4 Å². The van der Waals surface area contributed by atoms with Gasteiger partial charge in [0.1, 0.15) is 11.6 Å². The molecule has 170 valence electrons. The van der Waals surface area contributed by atoms with E-state index in [4.69, 9.17) is 26.3 Å². The van der Waals surface area contributed by atoms with Crippen LogP contribution in [0.5, 0.6) is 5.75 Å². The van der Waals surface area contributed by atoms with E-state index in [2.05, 4.69) is 22.2 Å². The number of rotatable bonds is 10. The molecule has 1 amide bonds. The maximum absolute atomic E-state index is 12.1. The third-order valence-electron chi connectivity index (χ3n) is 5.13. The molecule has 1 N–H and O–H groups in total. The highest BCUT2D eigenvalue weighted by Crippen LogP contribution is 2.29. The minimum Gasteiger partial charge on any atom is -0.484 e. The van der Waals surface area contributed by atoms with Gasteiger partial charge in [0.2, 0.25) is 0 Å². The predicted octanol–water partition coefficient (Wildman–Crippen LogP) is 3.78. The van der Waals surface area contributed by atoms with E-state index in [1.165, 1.54) is 12.8 Å². The summed E-state index contributed by atoms with van der Waals surface area (Å²) in [5, 5.41) is 9.78. The molecule has 0 atom stereocenters. The van der Waals surface area contributed by atoms with Crippen LogP contribution < -0.4 is 15.0 Å². The molecule has 1 aromatic carbocycles. The Bertz CT molecular complexity index is 1050. The number of carbonyl (C=O) groups excluding carboxylic acids is 1. The summed E-state index contributed by atoms with van der Waals surface area (Å²) in [5.74, 6) is 2.36. The van der Waals surface area contributed by atoms with Gasteiger partial charge in [-0.1, -0.05) is 30.3 Å². The first-order chi connectivity index (χ1) is 15.6. The second kappa shape index (κ2) is 10.9. The average Bonchev–Trinajstić information content (AvgIpc) is 3.47. The van der Waals surface area contributed by atoms with Crippen molar-refractivity contribution in [1.82, 2.24) is 25.1 Å². The van der Waals surface area contributed by atoms with Crippen molar-refractivity contribution in [2.24, 2.45) is 0 Å². The van der Waals surface area contributed by atoms with Crippen LogP contribution in [0.1, 0.15) is 26.2 Å². The number of halogens is 1. The van der Waals surface area contributed by atoms with Gasteiger partial charge in [-0.2, -0.15) is 5.10 Å². The first-order valence-electron chi connectivity index (χ1n) is 10.9. The number of nitrogens with zero attached hydrogens (tertiary/aromatic N) is 5. The van der Waals surface area contributed by atoms with Crippen LogP contribution in [0.4, 0.5) is 5.82 Å². The Labute approximate surface area is 196 Å². The Hall–Kier alpha value is -2.52. The lowest BCUT2D eigenvalue weighted by Gasteiger charge is -2.18. The van der Waals surface area contributed by atoms with Gasteiger partial charge >= 0.3 is 0 Å². The number of thioether (sulfide) groups is 1. The second-order valence-electron chi connectivity index (χ2n) is 7.57. The van der Waals surface area contributed by atoms with E-state index in [0.717, 1.165) is 47.3 Å². The van der Waals surface area contributed by atoms with Gasteiger partial charge in [-0.05, 0) is 43.5 Å². The fourth-order valence-electron chi connectivity index (χ4n) is 3.54. The van der Waals surface area contributed by atoms with Crippen LogP contribution in [-0.2, 0) is 11.3 Å². The molecule has 10 heteroatoms. The predicted molar refractivity (Wildman–Crippen MR) is 128 cm³/mol. The lowest BCUT2D eigenvalue weighted by Crippen LogP contribution is -2.31. The van der Waals surface area contributed by atoms with Crippen LogP contribution in [0.3, 0.4) is 0 Å². The number of benzene rings is 1. The monoisotopic (exact) mass is 474 g/mol. The van der Waals surface area contributed by atoms with Gasteiger partial charge in [0.15, 0.2) is 17.4 Å². The minimum atomic E-state index is -0.192. The van der Waals surface area contributed by atoms with E-state index >= 15 is 0 Å². The molecule has 3 aromatic rings. The lowest BCUT2D eigenvalue weighted by molar-refractivity contribution is -0.123. The van der Waals surface area contributed by atoms with Crippen LogP contribution in [0.25, 0.3) is 11.0 Å². The maximum Gasteiger partial charge on any atom is 0.258 e. The Morgan fingerprint density at radius 2 is 2.00 bits per heavy atom. The summed E-state index contributed by atoms with van der Waals surface area (Å²) >= 11 is 7.53. The zero-order valence-corrected chi connectivity index (χ0v) is 19.7. The van der Waals surface area contributed by atoms with Crippen LogP contribution in [0.2, 0.25) is 5.02 Å². The van der Waals surface area contributed by atoms with E-state index in [-0.39, 0.29) is 12.5 Å². The molecule has 3 heterocycles. The molecule has 1 fully saturated rings. The third kappa shape index (κ3) is 5.63. The molecule has 1 aliphatic rings. The van der Waals surface area contributed by atoms with E-state index < -0.39 is 0 Å². The van der Waals surface area contributed by atoms with Crippen molar-refractivity contribution in [1.29, 1.82) is 0 Å². The number of anilines is 1. The van der Waals surface area contributed by atoms with Gasteiger partial charge in [-0.3, -0.25) is 4.79 Å². The molecule has 8 nitrogen and oxygen atoms in total. The molecular formula is C22H27ClN6O2S. The molecule has 0 aliphatic carbocycles. The van der Waals surface area contributed by atoms with Gasteiger partial charge in [-0.25, -0.2) is 14.6 Å². The molecule has 4 rings (SSSR count). The maximum atomic E-state index is 12.1. The molecule has 2 aromatic heterocycles.